The van der Waals surface area contributed by atoms with Gasteiger partial charge in [0.1, 0.15) is 0 Å². The van der Waals surface area contributed by atoms with Crippen LogP contribution in [0.15, 0.2) is 28.7 Å². The molecule has 1 aromatic carbocycles. The number of hydrogen-bond donors (Lipinski definition) is 1. The zero-order valence-electron chi connectivity index (χ0n) is 12.2. The highest BCUT2D eigenvalue weighted by atomic mass is 79.9. The SMILES string of the molecule is CC(C)CNCC1CCCC1Cc1cccc(Br)c1. The molecule has 0 spiro atoms. The summed E-state index contributed by atoms with van der Waals surface area (Å²) < 4.78 is 1.21. The molecule has 1 nitrogen and oxygen atoms in total. The van der Waals surface area contributed by atoms with Crippen molar-refractivity contribution in [2.75, 3.05) is 13.1 Å². The molecule has 0 radical (unpaired) electrons. The van der Waals surface area contributed by atoms with Crippen LogP contribution in [-0.4, -0.2) is 13.1 Å². The first-order valence-corrected chi connectivity index (χ1v) is 8.39. The van der Waals surface area contributed by atoms with Gasteiger partial charge in [0.25, 0.3) is 0 Å². The van der Waals surface area contributed by atoms with E-state index in [0.717, 1.165) is 24.3 Å². The molecule has 19 heavy (non-hydrogen) atoms. The molecule has 106 valence electrons. The lowest BCUT2D eigenvalue weighted by Crippen LogP contribution is -2.28. The molecular formula is C17H26BrN. The van der Waals surface area contributed by atoms with Crippen molar-refractivity contribution in [1.29, 1.82) is 0 Å². The summed E-state index contributed by atoms with van der Waals surface area (Å²) in [6.45, 7) is 6.91. The highest BCUT2D eigenvalue weighted by Gasteiger charge is 2.26. The summed E-state index contributed by atoms with van der Waals surface area (Å²) in [5.41, 5.74) is 1.48. The molecule has 0 amide bonds. The second kappa shape index (κ2) is 7.44. The average molecular weight is 324 g/mol. The summed E-state index contributed by atoms with van der Waals surface area (Å²) in [6.07, 6.45) is 5.46. The molecule has 0 saturated heterocycles. The van der Waals surface area contributed by atoms with Gasteiger partial charge in [-0.2, -0.15) is 0 Å². The number of hydrogen-bond acceptors (Lipinski definition) is 1. The van der Waals surface area contributed by atoms with Crippen LogP contribution in [0.5, 0.6) is 0 Å². The number of halogens is 1. The molecule has 1 N–H and O–H groups in total. The van der Waals surface area contributed by atoms with Gasteiger partial charge < -0.3 is 5.32 Å². The van der Waals surface area contributed by atoms with Crippen molar-refractivity contribution in [1.82, 2.24) is 5.32 Å². The maximum atomic E-state index is 3.64. The minimum Gasteiger partial charge on any atom is -0.316 e. The number of rotatable bonds is 6. The van der Waals surface area contributed by atoms with Crippen molar-refractivity contribution < 1.29 is 0 Å². The molecule has 1 aliphatic rings. The topological polar surface area (TPSA) is 12.0 Å². The highest BCUT2D eigenvalue weighted by molar-refractivity contribution is 9.10. The fourth-order valence-corrected chi connectivity index (χ4v) is 3.62. The first kappa shape index (κ1) is 15.1. The minimum atomic E-state index is 0.755. The van der Waals surface area contributed by atoms with Gasteiger partial charge in [0.05, 0.1) is 0 Å². The lowest BCUT2D eigenvalue weighted by atomic mass is 9.89. The molecule has 1 aliphatic carbocycles. The lowest BCUT2D eigenvalue weighted by molar-refractivity contribution is 0.357. The van der Waals surface area contributed by atoms with Crippen molar-refractivity contribution in [3.8, 4) is 0 Å². The second-order valence-electron chi connectivity index (χ2n) is 6.34. The Labute approximate surface area is 126 Å². The van der Waals surface area contributed by atoms with E-state index >= 15 is 0 Å². The zero-order valence-corrected chi connectivity index (χ0v) is 13.7. The van der Waals surface area contributed by atoms with E-state index in [9.17, 15) is 0 Å². The van der Waals surface area contributed by atoms with Crippen molar-refractivity contribution in [3.05, 3.63) is 34.3 Å². The van der Waals surface area contributed by atoms with E-state index in [1.54, 1.807) is 0 Å². The van der Waals surface area contributed by atoms with Crippen LogP contribution in [0.25, 0.3) is 0 Å². The Hall–Kier alpha value is -0.340. The van der Waals surface area contributed by atoms with Crippen molar-refractivity contribution in [2.24, 2.45) is 17.8 Å². The quantitative estimate of drug-likeness (QED) is 0.803. The summed E-state index contributed by atoms with van der Waals surface area (Å²) in [5, 5.41) is 3.64. The van der Waals surface area contributed by atoms with Crippen LogP contribution in [0.4, 0.5) is 0 Å². The van der Waals surface area contributed by atoms with E-state index < -0.39 is 0 Å². The Morgan fingerprint density at radius 2 is 2.05 bits per heavy atom. The number of benzene rings is 1. The number of nitrogens with one attached hydrogen (secondary N) is 1. The predicted octanol–water partition coefficient (Wildman–Crippen LogP) is 4.65. The Morgan fingerprint density at radius 1 is 1.26 bits per heavy atom. The first-order chi connectivity index (χ1) is 9.15. The first-order valence-electron chi connectivity index (χ1n) is 7.60. The van der Waals surface area contributed by atoms with E-state index in [2.05, 4.69) is 59.4 Å². The summed E-state index contributed by atoms with van der Waals surface area (Å²) >= 11 is 3.57. The van der Waals surface area contributed by atoms with Crippen LogP contribution in [0, 0.1) is 17.8 Å². The van der Waals surface area contributed by atoms with Gasteiger partial charge in [-0.3, -0.25) is 0 Å². The summed E-state index contributed by atoms with van der Waals surface area (Å²) in [7, 11) is 0. The highest BCUT2D eigenvalue weighted by Crippen LogP contribution is 2.34. The second-order valence-corrected chi connectivity index (χ2v) is 7.25. The standard InChI is InChI=1S/C17H26BrN/c1-13(2)11-19-12-16-7-4-6-15(16)9-14-5-3-8-17(18)10-14/h3,5,8,10,13,15-16,19H,4,6-7,9,11-12H2,1-2H3. The molecule has 2 heteroatoms. The molecule has 0 bridgehead atoms. The molecule has 1 saturated carbocycles. The van der Waals surface area contributed by atoms with Gasteiger partial charge in [0.15, 0.2) is 0 Å². The van der Waals surface area contributed by atoms with Crippen LogP contribution < -0.4 is 5.32 Å². The minimum absolute atomic E-state index is 0.755. The maximum Gasteiger partial charge on any atom is 0.0177 e. The monoisotopic (exact) mass is 323 g/mol. The average Bonchev–Trinajstić information content (AvgIpc) is 2.76. The van der Waals surface area contributed by atoms with Crippen molar-refractivity contribution >= 4 is 15.9 Å². The predicted molar refractivity (Wildman–Crippen MR) is 86.4 cm³/mol. The van der Waals surface area contributed by atoms with Gasteiger partial charge in [-0.1, -0.05) is 48.3 Å². The van der Waals surface area contributed by atoms with E-state index in [-0.39, 0.29) is 0 Å². The van der Waals surface area contributed by atoms with E-state index in [1.165, 1.54) is 42.3 Å². The fraction of sp³-hybridized carbons (Fsp3) is 0.647. The smallest absolute Gasteiger partial charge is 0.0177 e. The normalized spacial score (nSPS) is 23.2. The van der Waals surface area contributed by atoms with Crippen molar-refractivity contribution in [2.45, 2.75) is 39.5 Å². The molecule has 0 aliphatic heterocycles. The van der Waals surface area contributed by atoms with E-state index in [4.69, 9.17) is 0 Å². The summed E-state index contributed by atoms with van der Waals surface area (Å²) in [6, 6.07) is 8.80. The van der Waals surface area contributed by atoms with Crippen LogP contribution in [0.3, 0.4) is 0 Å². The fourth-order valence-electron chi connectivity index (χ4n) is 3.18. The Morgan fingerprint density at radius 3 is 2.79 bits per heavy atom. The van der Waals surface area contributed by atoms with Gasteiger partial charge in [0, 0.05) is 4.47 Å². The maximum absolute atomic E-state index is 3.64. The molecule has 2 atom stereocenters. The molecular weight excluding hydrogens is 298 g/mol. The Balaban J connectivity index is 1.84. The van der Waals surface area contributed by atoms with Crippen LogP contribution in [0.1, 0.15) is 38.7 Å². The molecule has 1 fully saturated rings. The van der Waals surface area contributed by atoms with Gasteiger partial charge in [-0.25, -0.2) is 0 Å². The van der Waals surface area contributed by atoms with Crippen LogP contribution in [-0.2, 0) is 6.42 Å². The molecule has 2 rings (SSSR count). The largest absolute Gasteiger partial charge is 0.316 e. The van der Waals surface area contributed by atoms with E-state index in [1.807, 2.05) is 0 Å². The third-order valence-corrected chi connectivity index (χ3v) is 4.66. The van der Waals surface area contributed by atoms with Gasteiger partial charge >= 0.3 is 0 Å². The van der Waals surface area contributed by atoms with Gasteiger partial charge in [0.2, 0.25) is 0 Å². The zero-order chi connectivity index (χ0) is 13.7. The summed E-state index contributed by atoms with van der Waals surface area (Å²) in [5.74, 6) is 2.50. The third kappa shape index (κ3) is 4.92. The van der Waals surface area contributed by atoms with Gasteiger partial charge in [-0.05, 0) is 67.8 Å². The Bertz CT molecular complexity index is 389. The van der Waals surface area contributed by atoms with Gasteiger partial charge in [-0.15, -0.1) is 0 Å². The summed E-state index contributed by atoms with van der Waals surface area (Å²) in [4.78, 5) is 0. The van der Waals surface area contributed by atoms with E-state index in [0.29, 0.717) is 0 Å². The molecule has 0 aromatic heterocycles. The Kier molecular flexibility index (Phi) is 5.90. The molecule has 1 aromatic rings. The lowest BCUT2D eigenvalue weighted by Gasteiger charge is -2.21. The van der Waals surface area contributed by atoms with Crippen LogP contribution in [0.2, 0.25) is 0 Å². The molecule has 0 heterocycles. The molecule has 2 unspecified atom stereocenters. The van der Waals surface area contributed by atoms with Crippen molar-refractivity contribution in [3.63, 3.8) is 0 Å². The van der Waals surface area contributed by atoms with Crippen LogP contribution >= 0.6 is 15.9 Å². The third-order valence-electron chi connectivity index (χ3n) is 4.16.